The summed E-state index contributed by atoms with van der Waals surface area (Å²) in [6.07, 6.45) is 74.6. The highest BCUT2D eigenvalue weighted by Crippen LogP contribution is 2.14. The molecule has 67 heavy (non-hydrogen) atoms. The molecule has 0 bridgehead atoms. The van der Waals surface area contributed by atoms with Gasteiger partial charge in [0.1, 0.15) is 13.2 Å². The van der Waals surface area contributed by atoms with Crippen molar-refractivity contribution < 1.29 is 28.6 Å². The molecule has 0 fully saturated rings. The molecule has 0 aliphatic heterocycles. The third-order valence-electron chi connectivity index (χ3n) is 11.1. The Hall–Kier alpha value is -4.19. The zero-order valence-corrected chi connectivity index (χ0v) is 43.1. The normalized spacial score (nSPS) is 13.1. The van der Waals surface area contributed by atoms with Crippen molar-refractivity contribution in [3.05, 3.63) is 122 Å². The van der Waals surface area contributed by atoms with Crippen molar-refractivity contribution in [1.82, 2.24) is 0 Å². The van der Waals surface area contributed by atoms with Crippen LogP contribution in [0.25, 0.3) is 0 Å². The van der Waals surface area contributed by atoms with E-state index in [1.807, 2.05) is 0 Å². The molecular weight excluding hydrogens is 829 g/mol. The molecule has 1 unspecified atom stereocenters. The summed E-state index contributed by atoms with van der Waals surface area (Å²) < 4.78 is 16.8. The Bertz CT molecular complexity index is 1440. The van der Waals surface area contributed by atoms with Gasteiger partial charge in [0.05, 0.1) is 0 Å². The van der Waals surface area contributed by atoms with E-state index in [-0.39, 0.29) is 31.1 Å². The van der Waals surface area contributed by atoms with Crippen LogP contribution in [-0.4, -0.2) is 37.2 Å². The summed E-state index contributed by atoms with van der Waals surface area (Å²) in [7, 11) is 0. The largest absolute Gasteiger partial charge is 0.462 e. The minimum atomic E-state index is -0.804. The van der Waals surface area contributed by atoms with E-state index in [0.29, 0.717) is 19.3 Å². The highest BCUT2D eigenvalue weighted by atomic mass is 16.6. The van der Waals surface area contributed by atoms with Crippen molar-refractivity contribution in [2.75, 3.05) is 13.2 Å². The van der Waals surface area contributed by atoms with Gasteiger partial charge in [-0.15, -0.1) is 0 Å². The zero-order valence-electron chi connectivity index (χ0n) is 43.1. The van der Waals surface area contributed by atoms with E-state index in [9.17, 15) is 14.4 Å². The highest BCUT2D eigenvalue weighted by molar-refractivity contribution is 5.71. The first-order valence-electron chi connectivity index (χ1n) is 27.1. The lowest BCUT2D eigenvalue weighted by molar-refractivity contribution is -0.167. The average molecular weight is 927 g/mol. The lowest BCUT2D eigenvalue weighted by Gasteiger charge is -2.18. The van der Waals surface area contributed by atoms with Gasteiger partial charge in [0.2, 0.25) is 0 Å². The Labute approximate surface area is 412 Å². The third-order valence-corrected chi connectivity index (χ3v) is 11.1. The van der Waals surface area contributed by atoms with Gasteiger partial charge in [-0.2, -0.15) is 0 Å². The predicted octanol–water partition coefficient (Wildman–Crippen LogP) is 18.1. The fraction of sp³-hybridized carbons (Fsp3) is 0.623. The predicted molar refractivity (Wildman–Crippen MR) is 288 cm³/mol. The first-order valence-corrected chi connectivity index (χ1v) is 27.1. The molecule has 0 amide bonds. The van der Waals surface area contributed by atoms with E-state index in [4.69, 9.17) is 14.2 Å². The van der Waals surface area contributed by atoms with E-state index in [1.165, 1.54) is 57.8 Å². The first kappa shape index (κ1) is 62.8. The molecule has 1 atom stereocenters. The van der Waals surface area contributed by atoms with Gasteiger partial charge < -0.3 is 14.2 Å². The molecule has 6 nitrogen and oxygen atoms in total. The molecule has 0 rings (SSSR count). The maximum Gasteiger partial charge on any atom is 0.306 e. The van der Waals surface area contributed by atoms with Gasteiger partial charge in [-0.05, 0) is 96.3 Å². The minimum absolute atomic E-state index is 0.101. The zero-order chi connectivity index (χ0) is 48.6. The molecule has 0 N–H and O–H groups in total. The summed E-state index contributed by atoms with van der Waals surface area (Å²) in [6, 6.07) is 0. The number of rotatable bonds is 47. The summed E-state index contributed by atoms with van der Waals surface area (Å²) in [5.41, 5.74) is 0. The lowest BCUT2D eigenvalue weighted by atomic mass is 10.1. The molecule has 0 heterocycles. The third kappa shape index (κ3) is 52.6. The van der Waals surface area contributed by atoms with E-state index in [2.05, 4.69) is 142 Å². The van der Waals surface area contributed by atoms with Gasteiger partial charge in [-0.25, -0.2) is 0 Å². The number of hydrogen-bond acceptors (Lipinski definition) is 6. The molecule has 0 saturated heterocycles. The molecule has 0 aromatic heterocycles. The summed E-state index contributed by atoms with van der Waals surface area (Å²) in [5, 5.41) is 0. The average Bonchev–Trinajstić information content (AvgIpc) is 3.33. The molecule has 0 radical (unpaired) electrons. The molecular formula is C61H98O6. The van der Waals surface area contributed by atoms with E-state index >= 15 is 0 Å². The fourth-order valence-electron chi connectivity index (χ4n) is 7.06. The van der Waals surface area contributed by atoms with Crippen LogP contribution in [0.2, 0.25) is 0 Å². The molecule has 6 heteroatoms. The van der Waals surface area contributed by atoms with Crippen LogP contribution in [0, 0.1) is 0 Å². The first-order chi connectivity index (χ1) is 33.0. The van der Waals surface area contributed by atoms with Crippen molar-refractivity contribution in [3.8, 4) is 0 Å². The maximum absolute atomic E-state index is 12.8. The molecule has 378 valence electrons. The van der Waals surface area contributed by atoms with Crippen molar-refractivity contribution in [3.63, 3.8) is 0 Å². The number of unbranched alkanes of at least 4 members (excludes halogenated alkanes) is 21. The summed E-state index contributed by atoms with van der Waals surface area (Å²) in [5.74, 6) is -0.953. The van der Waals surface area contributed by atoms with Crippen molar-refractivity contribution in [1.29, 1.82) is 0 Å². The molecule has 0 spiro atoms. The summed E-state index contributed by atoms with van der Waals surface area (Å²) in [4.78, 5) is 38.1. The van der Waals surface area contributed by atoms with Gasteiger partial charge in [0.15, 0.2) is 6.10 Å². The van der Waals surface area contributed by atoms with Gasteiger partial charge in [0.25, 0.3) is 0 Å². The lowest BCUT2D eigenvalue weighted by Crippen LogP contribution is -2.30. The topological polar surface area (TPSA) is 78.9 Å². The minimum Gasteiger partial charge on any atom is -0.462 e. The fourth-order valence-corrected chi connectivity index (χ4v) is 7.06. The van der Waals surface area contributed by atoms with E-state index < -0.39 is 6.10 Å². The second-order valence-electron chi connectivity index (χ2n) is 17.5. The van der Waals surface area contributed by atoms with Crippen LogP contribution in [0.5, 0.6) is 0 Å². The van der Waals surface area contributed by atoms with Gasteiger partial charge in [0, 0.05) is 19.3 Å². The standard InChI is InChI=1S/C61H98O6/c1-4-7-10-13-16-19-22-25-28-30-31-34-36-39-42-45-48-51-54-60(63)66-57-58(56-65-59(62)53-50-47-44-41-38-35-32-27-24-21-18-15-12-9-6-3)67-61(64)55-52-49-46-43-40-37-33-29-26-23-20-17-14-11-8-5-2/h8-9,11-12,15-22,24-26,28-31,34,58H,4-7,10,13-14,23,27,32-33,35-57H2,1-3H3/b11-8-,12-9-,18-15-,19-16-,20-17-,24-21-,25-22-,29-26-,30-28-,34-31-. The molecule has 0 aromatic carbocycles. The second-order valence-corrected chi connectivity index (χ2v) is 17.5. The quantitative estimate of drug-likeness (QED) is 0.0199. The van der Waals surface area contributed by atoms with Crippen LogP contribution in [0.4, 0.5) is 0 Å². The van der Waals surface area contributed by atoms with Gasteiger partial charge in [-0.3, -0.25) is 14.4 Å². The van der Waals surface area contributed by atoms with E-state index in [0.717, 1.165) is 128 Å². The Kier molecular flexibility index (Phi) is 51.0. The SMILES string of the molecule is CC\C=C/C=C\C=C/CCCCCCCCCC(=O)OCC(COC(=O)CCCCCCC\C=C/C=C\C=C/C=C\CCCCC)OC(=O)CCCCCCCC/C=C\C/C=C\C/C=C\CC. The maximum atomic E-state index is 12.8. The van der Waals surface area contributed by atoms with Gasteiger partial charge >= 0.3 is 17.9 Å². The van der Waals surface area contributed by atoms with Crippen LogP contribution >= 0.6 is 0 Å². The second kappa shape index (κ2) is 54.4. The molecule has 0 aliphatic rings. The Morgan fingerprint density at radius 3 is 1.09 bits per heavy atom. The van der Waals surface area contributed by atoms with Crippen LogP contribution in [-0.2, 0) is 28.6 Å². The van der Waals surface area contributed by atoms with Crippen LogP contribution in [0.1, 0.15) is 226 Å². The number of ether oxygens (including phenoxy) is 3. The molecule has 0 saturated carbocycles. The monoisotopic (exact) mass is 927 g/mol. The van der Waals surface area contributed by atoms with Crippen LogP contribution in [0.15, 0.2) is 122 Å². The number of esters is 3. The molecule has 0 aliphatic carbocycles. The summed E-state index contributed by atoms with van der Waals surface area (Å²) >= 11 is 0. The number of allylic oxidation sites excluding steroid dienone is 20. The number of carbonyl (C=O) groups excluding carboxylic acids is 3. The Balaban J connectivity index is 4.50. The van der Waals surface area contributed by atoms with Crippen LogP contribution < -0.4 is 0 Å². The smallest absolute Gasteiger partial charge is 0.306 e. The highest BCUT2D eigenvalue weighted by Gasteiger charge is 2.19. The van der Waals surface area contributed by atoms with Crippen molar-refractivity contribution >= 4 is 17.9 Å². The van der Waals surface area contributed by atoms with Crippen LogP contribution in [0.3, 0.4) is 0 Å². The summed E-state index contributed by atoms with van der Waals surface area (Å²) in [6.45, 7) is 6.31. The Morgan fingerprint density at radius 1 is 0.328 bits per heavy atom. The van der Waals surface area contributed by atoms with Crippen molar-refractivity contribution in [2.45, 2.75) is 232 Å². The van der Waals surface area contributed by atoms with E-state index in [1.54, 1.807) is 0 Å². The van der Waals surface area contributed by atoms with Gasteiger partial charge in [-0.1, -0.05) is 232 Å². The Morgan fingerprint density at radius 2 is 0.657 bits per heavy atom. The molecule has 0 aromatic rings. The number of carbonyl (C=O) groups is 3. The number of hydrogen-bond donors (Lipinski definition) is 0. The van der Waals surface area contributed by atoms with Crippen molar-refractivity contribution in [2.24, 2.45) is 0 Å².